The van der Waals surface area contributed by atoms with Gasteiger partial charge in [-0.3, -0.25) is 18.8 Å². The van der Waals surface area contributed by atoms with Crippen molar-refractivity contribution in [1.29, 1.82) is 0 Å². The van der Waals surface area contributed by atoms with Crippen molar-refractivity contribution in [2.45, 2.75) is 75.9 Å². The largest absolute Gasteiger partial charge is 0.391 e. The maximum Gasteiger partial charge on any atom is 0.247 e. The summed E-state index contributed by atoms with van der Waals surface area (Å²) >= 11 is 2.80. The molecule has 1 aromatic heterocycles. The lowest BCUT2D eigenvalue weighted by Gasteiger charge is -2.36. The molecule has 12 heteroatoms. The molecule has 214 valence electrons. The number of halogens is 2. The summed E-state index contributed by atoms with van der Waals surface area (Å²) in [4.78, 5) is 45.7. The Bertz CT molecular complexity index is 1180. The zero-order valence-corrected chi connectivity index (χ0v) is 24.3. The predicted molar refractivity (Wildman–Crippen MR) is 150 cm³/mol. The summed E-state index contributed by atoms with van der Waals surface area (Å²) in [5, 5.41) is 15.8. The number of aliphatic hydroxyl groups is 1. The molecule has 1 aliphatic heterocycles. The first-order valence-corrected chi connectivity index (χ1v) is 14.9. The van der Waals surface area contributed by atoms with Crippen molar-refractivity contribution in [3.8, 4) is 10.4 Å². The molecule has 0 aliphatic carbocycles. The van der Waals surface area contributed by atoms with Crippen molar-refractivity contribution in [3.63, 3.8) is 0 Å². The Labute approximate surface area is 236 Å². The van der Waals surface area contributed by atoms with Gasteiger partial charge in [0.05, 0.1) is 28.9 Å². The number of β-amino-alcohol motifs (C(OH)–C–C–N with tert-alkyl or cyclic N) is 1. The van der Waals surface area contributed by atoms with Gasteiger partial charge in [0.1, 0.15) is 17.9 Å². The van der Waals surface area contributed by atoms with Gasteiger partial charge in [-0.2, -0.15) is 11.8 Å². The minimum absolute atomic E-state index is 0.0283. The number of hydrogen-bond donors (Lipinski definition) is 3. The molecule has 3 atom stereocenters. The maximum atomic E-state index is 14.8. The molecular weight excluding hydrogens is 546 g/mol. The topological polar surface area (TPSA) is 112 Å². The number of aliphatic hydroxyl groups excluding tert-OH is 1. The van der Waals surface area contributed by atoms with E-state index < -0.39 is 47.2 Å². The number of alkyl halides is 1. The number of thioether (sulfide) groups is 1. The van der Waals surface area contributed by atoms with Crippen molar-refractivity contribution in [2.24, 2.45) is 0 Å². The van der Waals surface area contributed by atoms with Gasteiger partial charge in [-0.1, -0.05) is 12.1 Å². The van der Waals surface area contributed by atoms with E-state index in [1.165, 1.54) is 34.1 Å². The van der Waals surface area contributed by atoms with E-state index in [0.29, 0.717) is 12.0 Å². The van der Waals surface area contributed by atoms with E-state index in [4.69, 9.17) is 0 Å². The minimum Gasteiger partial charge on any atom is -0.391 e. The standard InChI is InChI=1S/C27H36F2N4O4S2/c1-16-23(39-15-31-16)17-8-9-18(20(29)11-17)13-30-25(36)21-12-19(34)14-33(21)26(37)24(27(2,3)38-4)32-22(35)7-5-6-10-28/h8-9,11,15,19,21,24,34H,5-7,10,12-14H2,1-4H3,(H,30,36)(H,32,35)/t19-,21?,24-/m1/s1. The van der Waals surface area contributed by atoms with Crippen molar-refractivity contribution in [3.05, 3.63) is 40.8 Å². The molecule has 0 bridgehead atoms. The summed E-state index contributed by atoms with van der Waals surface area (Å²) < 4.78 is 26.6. The molecule has 1 aliphatic rings. The fraction of sp³-hybridized carbons (Fsp3) is 0.556. The zero-order valence-electron chi connectivity index (χ0n) is 22.6. The zero-order chi connectivity index (χ0) is 28.7. The number of benzene rings is 1. The molecule has 0 saturated carbocycles. The lowest BCUT2D eigenvalue weighted by atomic mass is 10.0. The number of nitrogens with one attached hydrogen (secondary N) is 2. The van der Waals surface area contributed by atoms with Gasteiger partial charge in [0, 0.05) is 36.2 Å². The minimum atomic E-state index is -0.974. The highest BCUT2D eigenvalue weighted by Gasteiger charge is 2.45. The molecule has 2 heterocycles. The fourth-order valence-electron chi connectivity index (χ4n) is 4.45. The van der Waals surface area contributed by atoms with Gasteiger partial charge in [0.25, 0.3) is 0 Å². The Morgan fingerprint density at radius 3 is 2.67 bits per heavy atom. The number of hydrogen-bond acceptors (Lipinski definition) is 7. The smallest absolute Gasteiger partial charge is 0.247 e. The van der Waals surface area contributed by atoms with Crippen molar-refractivity contribution >= 4 is 40.8 Å². The summed E-state index contributed by atoms with van der Waals surface area (Å²) in [5.74, 6) is -1.86. The summed E-state index contributed by atoms with van der Waals surface area (Å²) in [7, 11) is 0. The van der Waals surface area contributed by atoms with Crippen LogP contribution >= 0.6 is 23.1 Å². The van der Waals surface area contributed by atoms with Crippen LogP contribution in [0.1, 0.15) is 50.8 Å². The van der Waals surface area contributed by atoms with Crippen LogP contribution in [0.4, 0.5) is 8.78 Å². The average Bonchev–Trinajstić information content (AvgIpc) is 3.51. The third-order valence-electron chi connectivity index (χ3n) is 6.94. The number of carbonyl (C=O) groups excluding carboxylic acids is 3. The number of likely N-dealkylation sites (tertiary alicyclic amines) is 1. The van der Waals surface area contributed by atoms with Crippen molar-refractivity contribution in [1.82, 2.24) is 20.5 Å². The van der Waals surface area contributed by atoms with Gasteiger partial charge in [-0.25, -0.2) is 9.37 Å². The van der Waals surface area contributed by atoms with Gasteiger partial charge in [-0.05, 0) is 51.5 Å². The molecular formula is C27H36F2N4O4S2. The number of thiazole rings is 1. The van der Waals surface area contributed by atoms with Crippen LogP contribution in [0, 0.1) is 12.7 Å². The molecule has 1 saturated heterocycles. The van der Waals surface area contributed by atoms with E-state index >= 15 is 0 Å². The van der Waals surface area contributed by atoms with E-state index in [1.54, 1.807) is 17.6 Å². The summed E-state index contributed by atoms with van der Waals surface area (Å²) in [6.07, 6.45) is 1.62. The molecule has 2 aromatic rings. The van der Waals surface area contributed by atoms with E-state index in [-0.39, 0.29) is 43.8 Å². The molecule has 0 radical (unpaired) electrons. The monoisotopic (exact) mass is 582 g/mol. The summed E-state index contributed by atoms with van der Waals surface area (Å²) in [6.45, 7) is 4.80. The molecule has 3 N–H and O–H groups in total. The average molecular weight is 583 g/mol. The van der Waals surface area contributed by atoms with E-state index in [2.05, 4.69) is 15.6 Å². The first-order chi connectivity index (χ1) is 18.5. The van der Waals surface area contributed by atoms with E-state index in [9.17, 15) is 28.3 Å². The number of amides is 3. The first kappa shape index (κ1) is 31.0. The van der Waals surface area contributed by atoms with Gasteiger partial charge < -0.3 is 20.6 Å². The second-order valence-electron chi connectivity index (χ2n) is 10.1. The number of carbonyl (C=O) groups is 3. The predicted octanol–water partition coefficient (Wildman–Crippen LogP) is 3.60. The molecule has 1 aromatic carbocycles. The highest BCUT2D eigenvalue weighted by Crippen LogP contribution is 2.30. The molecule has 3 amide bonds. The third kappa shape index (κ3) is 7.76. The van der Waals surface area contributed by atoms with Crippen molar-refractivity contribution in [2.75, 3.05) is 19.5 Å². The van der Waals surface area contributed by atoms with Crippen LogP contribution < -0.4 is 10.6 Å². The lowest BCUT2D eigenvalue weighted by Crippen LogP contribution is -2.59. The molecule has 1 unspecified atom stereocenters. The van der Waals surface area contributed by atoms with Gasteiger partial charge in [0.15, 0.2) is 0 Å². The van der Waals surface area contributed by atoms with Crippen LogP contribution in [-0.2, 0) is 20.9 Å². The SMILES string of the molecule is CSC(C)(C)[C@H](NC(=O)CCCCF)C(=O)N1C[C@H](O)CC1C(=O)NCc1ccc(-c2scnc2C)cc1F. The Morgan fingerprint density at radius 1 is 1.31 bits per heavy atom. The van der Waals surface area contributed by atoms with Crippen LogP contribution in [0.2, 0.25) is 0 Å². The first-order valence-electron chi connectivity index (χ1n) is 12.8. The molecule has 39 heavy (non-hydrogen) atoms. The molecule has 8 nitrogen and oxygen atoms in total. The van der Waals surface area contributed by atoms with Gasteiger partial charge in [0.2, 0.25) is 17.7 Å². The Kier molecular flexibility index (Phi) is 10.9. The normalized spacial score (nSPS) is 18.2. The number of unbranched alkanes of at least 4 members (excludes halogenated alkanes) is 1. The van der Waals surface area contributed by atoms with Crippen LogP contribution in [0.25, 0.3) is 10.4 Å². The summed E-state index contributed by atoms with van der Waals surface area (Å²) in [6, 6.07) is 2.84. The van der Waals surface area contributed by atoms with Crippen LogP contribution in [0.5, 0.6) is 0 Å². The number of rotatable bonds is 12. The number of aromatic nitrogens is 1. The van der Waals surface area contributed by atoms with Crippen molar-refractivity contribution < 1.29 is 28.3 Å². The van der Waals surface area contributed by atoms with Gasteiger partial charge >= 0.3 is 0 Å². The maximum absolute atomic E-state index is 14.8. The van der Waals surface area contributed by atoms with Crippen LogP contribution in [-0.4, -0.2) is 75.1 Å². The Hall–Kier alpha value is -2.57. The highest BCUT2D eigenvalue weighted by atomic mass is 32.2. The molecule has 3 rings (SSSR count). The number of aryl methyl sites for hydroxylation is 1. The van der Waals surface area contributed by atoms with E-state index in [0.717, 1.165) is 10.6 Å². The number of nitrogens with zero attached hydrogens (tertiary/aromatic N) is 2. The lowest BCUT2D eigenvalue weighted by molar-refractivity contribution is -0.142. The Morgan fingerprint density at radius 2 is 2.05 bits per heavy atom. The fourth-order valence-corrected chi connectivity index (χ4v) is 5.64. The van der Waals surface area contributed by atoms with Crippen LogP contribution in [0.3, 0.4) is 0 Å². The second-order valence-corrected chi connectivity index (χ2v) is 12.5. The Balaban J connectivity index is 1.71. The quantitative estimate of drug-likeness (QED) is 0.330. The molecule has 1 fully saturated rings. The third-order valence-corrected chi connectivity index (χ3v) is 9.21. The second kappa shape index (κ2) is 13.7. The van der Waals surface area contributed by atoms with Gasteiger partial charge in [-0.15, -0.1) is 11.3 Å². The summed E-state index contributed by atoms with van der Waals surface area (Å²) in [5.41, 5.74) is 3.49. The van der Waals surface area contributed by atoms with Crippen LogP contribution in [0.15, 0.2) is 23.7 Å². The molecule has 0 spiro atoms. The highest BCUT2D eigenvalue weighted by molar-refractivity contribution is 8.00. The van der Waals surface area contributed by atoms with E-state index in [1.807, 2.05) is 27.0 Å².